The first-order valence-electron chi connectivity index (χ1n) is 6.18. The lowest BCUT2D eigenvalue weighted by Crippen LogP contribution is -2.33. The van der Waals surface area contributed by atoms with Gasteiger partial charge in [-0.05, 0) is 31.9 Å². The third kappa shape index (κ3) is 1.15. The van der Waals surface area contributed by atoms with E-state index in [-0.39, 0.29) is 5.91 Å². The molecule has 1 aliphatic carbocycles. The number of carboxylic acid groups (broad SMARTS) is 1. The van der Waals surface area contributed by atoms with Gasteiger partial charge in [0.1, 0.15) is 0 Å². The maximum absolute atomic E-state index is 12.5. The van der Waals surface area contributed by atoms with E-state index in [4.69, 9.17) is 0 Å². The normalized spacial score (nSPS) is 28.7. The molecule has 1 fully saturated rings. The fourth-order valence-corrected chi connectivity index (χ4v) is 3.12. The number of carbonyl (C=O) groups excluding carboxylic acids is 1. The first kappa shape index (κ1) is 11.3. The Morgan fingerprint density at radius 3 is 2.83 bits per heavy atom. The van der Waals surface area contributed by atoms with E-state index in [2.05, 4.69) is 0 Å². The molecule has 2 unspecified atom stereocenters. The van der Waals surface area contributed by atoms with E-state index in [9.17, 15) is 14.7 Å². The van der Waals surface area contributed by atoms with Gasteiger partial charge in [0.15, 0.2) is 0 Å². The number of likely N-dealkylation sites (N-methyl/N-ethyl adjacent to an activating group) is 1. The Hall–Kier alpha value is -1.84. The minimum Gasteiger partial charge on any atom is -0.481 e. The van der Waals surface area contributed by atoms with Gasteiger partial charge >= 0.3 is 5.97 Å². The number of hydrogen-bond donors (Lipinski definition) is 1. The maximum atomic E-state index is 12.5. The monoisotopic (exact) mass is 245 g/mol. The van der Waals surface area contributed by atoms with Gasteiger partial charge < -0.3 is 10.0 Å². The highest BCUT2D eigenvalue weighted by Gasteiger charge is 2.69. The molecule has 1 aromatic rings. The van der Waals surface area contributed by atoms with Crippen LogP contribution in [0.1, 0.15) is 24.5 Å². The number of anilines is 1. The van der Waals surface area contributed by atoms with Crippen LogP contribution in [0.3, 0.4) is 0 Å². The van der Waals surface area contributed by atoms with E-state index >= 15 is 0 Å². The molecule has 1 aliphatic heterocycles. The molecule has 0 aromatic heterocycles. The van der Waals surface area contributed by atoms with Crippen molar-refractivity contribution in [2.75, 3.05) is 11.4 Å². The van der Waals surface area contributed by atoms with Crippen molar-refractivity contribution in [1.29, 1.82) is 0 Å². The zero-order valence-corrected chi connectivity index (χ0v) is 10.4. The molecular weight excluding hydrogens is 230 g/mol. The Morgan fingerprint density at radius 1 is 1.56 bits per heavy atom. The van der Waals surface area contributed by atoms with E-state index in [1.165, 1.54) is 0 Å². The highest BCUT2D eigenvalue weighted by Crippen LogP contribution is 2.61. The van der Waals surface area contributed by atoms with Gasteiger partial charge in [0.2, 0.25) is 5.91 Å². The van der Waals surface area contributed by atoms with Crippen LogP contribution >= 0.6 is 0 Å². The number of aliphatic carboxylic acids is 1. The van der Waals surface area contributed by atoms with Crippen LogP contribution in [0.15, 0.2) is 18.2 Å². The van der Waals surface area contributed by atoms with Crippen LogP contribution < -0.4 is 4.90 Å². The number of nitrogens with zero attached hydrogens (tertiary/aromatic N) is 1. The van der Waals surface area contributed by atoms with Crippen LogP contribution in [0, 0.1) is 12.8 Å². The molecule has 1 N–H and O–H groups in total. The van der Waals surface area contributed by atoms with E-state index in [0.717, 1.165) is 16.8 Å². The second-order valence-corrected chi connectivity index (χ2v) is 5.14. The molecule has 0 saturated heterocycles. The number of hydrogen-bond acceptors (Lipinski definition) is 2. The Balaban J connectivity index is 2.17. The van der Waals surface area contributed by atoms with Crippen LogP contribution in [0.5, 0.6) is 0 Å². The smallest absolute Gasteiger partial charge is 0.307 e. The van der Waals surface area contributed by atoms with Crippen LogP contribution in [0.25, 0.3) is 0 Å². The summed E-state index contributed by atoms with van der Waals surface area (Å²) in [7, 11) is 0. The van der Waals surface area contributed by atoms with E-state index in [1.54, 1.807) is 4.90 Å². The van der Waals surface area contributed by atoms with Gasteiger partial charge in [0, 0.05) is 12.2 Å². The second kappa shape index (κ2) is 3.34. The summed E-state index contributed by atoms with van der Waals surface area (Å²) in [5, 5.41) is 9.18. The van der Waals surface area contributed by atoms with Crippen LogP contribution in [-0.4, -0.2) is 23.5 Å². The molecule has 3 rings (SSSR count). The molecule has 18 heavy (non-hydrogen) atoms. The van der Waals surface area contributed by atoms with Crippen molar-refractivity contribution in [3.8, 4) is 0 Å². The SMILES string of the molecule is CCN1C(=O)C2(CC2C(=O)O)c2cc(C)ccc21. The first-order chi connectivity index (χ1) is 8.52. The Morgan fingerprint density at radius 2 is 2.28 bits per heavy atom. The summed E-state index contributed by atoms with van der Waals surface area (Å²) in [5.74, 6) is -1.46. The standard InChI is InChI=1S/C14H15NO3/c1-3-15-11-5-4-8(2)6-9(11)14(13(15)18)7-10(14)12(16)17/h4-6,10H,3,7H2,1-2H3,(H,16,17). The summed E-state index contributed by atoms with van der Waals surface area (Å²) in [6, 6.07) is 5.86. The summed E-state index contributed by atoms with van der Waals surface area (Å²) >= 11 is 0. The zero-order chi connectivity index (χ0) is 13.1. The molecule has 4 heteroatoms. The third-order valence-corrected chi connectivity index (χ3v) is 4.13. The molecule has 1 saturated carbocycles. The van der Waals surface area contributed by atoms with E-state index < -0.39 is 17.3 Å². The predicted octanol–water partition coefficient (Wildman–Crippen LogP) is 1.70. The summed E-state index contributed by atoms with van der Waals surface area (Å²) in [6.07, 6.45) is 0.439. The first-order valence-corrected chi connectivity index (χ1v) is 6.18. The number of aryl methyl sites for hydroxylation is 1. The van der Waals surface area contributed by atoms with Crippen molar-refractivity contribution >= 4 is 17.6 Å². The van der Waals surface area contributed by atoms with Crippen molar-refractivity contribution < 1.29 is 14.7 Å². The third-order valence-electron chi connectivity index (χ3n) is 4.13. The number of fused-ring (bicyclic) bond motifs is 2. The molecule has 1 aromatic carbocycles. The number of rotatable bonds is 2. The molecule has 2 aliphatic rings. The average Bonchev–Trinajstić information content (AvgIpc) is 3.03. The van der Waals surface area contributed by atoms with Gasteiger partial charge in [-0.3, -0.25) is 9.59 Å². The lowest BCUT2D eigenvalue weighted by Gasteiger charge is -2.15. The van der Waals surface area contributed by atoms with Gasteiger partial charge in [0.05, 0.1) is 11.3 Å². The molecule has 2 atom stereocenters. The summed E-state index contributed by atoms with van der Waals surface area (Å²) in [4.78, 5) is 25.4. The quantitative estimate of drug-likeness (QED) is 0.862. The molecule has 0 bridgehead atoms. The number of carboxylic acids is 1. The van der Waals surface area contributed by atoms with Crippen molar-refractivity contribution in [1.82, 2.24) is 0 Å². The molecular formula is C14H15NO3. The van der Waals surface area contributed by atoms with Crippen molar-refractivity contribution in [2.24, 2.45) is 5.92 Å². The lowest BCUT2D eigenvalue weighted by atomic mass is 9.93. The summed E-state index contributed by atoms with van der Waals surface area (Å²) in [5.41, 5.74) is 2.08. The molecule has 94 valence electrons. The number of benzene rings is 1. The Labute approximate surface area is 105 Å². The highest BCUT2D eigenvalue weighted by atomic mass is 16.4. The van der Waals surface area contributed by atoms with Crippen molar-refractivity contribution in [3.63, 3.8) is 0 Å². The van der Waals surface area contributed by atoms with Crippen molar-refractivity contribution in [2.45, 2.75) is 25.7 Å². The average molecular weight is 245 g/mol. The lowest BCUT2D eigenvalue weighted by molar-refractivity contribution is -0.140. The highest BCUT2D eigenvalue weighted by molar-refractivity contribution is 6.13. The van der Waals surface area contributed by atoms with Gasteiger partial charge in [-0.25, -0.2) is 0 Å². The molecule has 1 amide bonds. The van der Waals surface area contributed by atoms with Crippen LogP contribution in [-0.2, 0) is 15.0 Å². The number of amides is 1. The summed E-state index contributed by atoms with van der Waals surface area (Å²) < 4.78 is 0. The topological polar surface area (TPSA) is 57.6 Å². The largest absolute Gasteiger partial charge is 0.481 e. The minimum atomic E-state index is -0.867. The van der Waals surface area contributed by atoms with Gasteiger partial charge in [-0.1, -0.05) is 17.7 Å². The predicted molar refractivity (Wildman–Crippen MR) is 66.6 cm³/mol. The maximum Gasteiger partial charge on any atom is 0.307 e. The molecule has 1 heterocycles. The van der Waals surface area contributed by atoms with E-state index in [0.29, 0.717) is 13.0 Å². The summed E-state index contributed by atoms with van der Waals surface area (Å²) in [6.45, 7) is 4.47. The number of carbonyl (C=O) groups is 2. The van der Waals surface area contributed by atoms with Gasteiger partial charge in [-0.15, -0.1) is 0 Å². The fraction of sp³-hybridized carbons (Fsp3) is 0.429. The Kier molecular flexibility index (Phi) is 2.09. The fourth-order valence-electron chi connectivity index (χ4n) is 3.12. The second-order valence-electron chi connectivity index (χ2n) is 5.14. The minimum absolute atomic E-state index is 0.0435. The van der Waals surface area contributed by atoms with Gasteiger partial charge in [-0.2, -0.15) is 0 Å². The van der Waals surface area contributed by atoms with Crippen LogP contribution in [0.2, 0.25) is 0 Å². The molecule has 4 nitrogen and oxygen atoms in total. The molecule has 1 spiro atoms. The zero-order valence-electron chi connectivity index (χ0n) is 10.4. The Bertz CT molecular complexity index is 566. The van der Waals surface area contributed by atoms with E-state index in [1.807, 2.05) is 32.0 Å². The van der Waals surface area contributed by atoms with Gasteiger partial charge in [0.25, 0.3) is 0 Å². The van der Waals surface area contributed by atoms with Crippen LogP contribution in [0.4, 0.5) is 5.69 Å². The molecule has 0 radical (unpaired) electrons. The van der Waals surface area contributed by atoms with Crippen molar-refractivity contribution in [3.05, 3.63) is 29.3 Å².